The van der Waals surface area contributed by atoms with E-state index in [9.17, 15) is 38.2 Å². The fourth-order valence-corrected chi connectivity index (χ4v) is 12.7. The maximum absolute atomic E-state index is 13.2. The number of nitrogens with one attached hydrogen (secondary N) is 1. The van der Waals surface area contributed by atoms with Gasteiger partial charge in [0, 0.05) is 6.42 Å². The molecule has 1 aliphatic rings. The van der Waals surface area contributed by atoms with Crippen LogP contribution in [0.5, 0.6) is 0 Å². The zero-order chi connectivity index (χ0) is 59.7. The molecule has 0 saturated carbocycles. The molecule has 7 atom stereocenters. The lowest BCUT2D eigenvalue weighted by molar-refractivity contribution is -0.298. The quantitative estimate of drug-likeness (QED) is 0.0251. The van der Waals surface area contributed by atoms with E-state index < -0.39 is 59.9 Å². The van der Waals surface area contributed by atoms with Crippen LogP contribution in [0.25, 0.3) is 0 Å². The Morgan fingerprint density at radius 1 is 0.439 bits per heavy atom. The third kappa shape index (κ3) is 50.1. The van der Waals surface area contributed by atoms with Crippen LogP contribution in [0.4, 0.5) is 0 Å². The average Bonchev–Trinajstić information content (AvgIpc) is 3.60. The van der Waals surface area contributed by atoms with E-state index in [1.807, 2.05) is 0 Å². The number of unbranched alkanes of at least 4 members (excludes halogenated alkanes) is 53. The van der Waals surface area contributed by atoms with Gasteiger partial charge in [-0.25, -0.2) is 4.18 Å². The maximum atomic E-state index is 13.2. The van der Waals surface area contributed by atoms with Gasteiger partial charge in [-0.1, -0.05) is 361 Å². The molecule has 82 heavy (non-hydrogen) atoms. The van der Waals surface area contributed by atoms with Crippen LogP contribution < -0.4 is 5.32 Å². The Morgan fingerprint density at radius 3 is 0.976 bits per heavy atom. The summed E-state index contributed by atoms with van der Waals surface area (Å²) in [7, 11) is -5.08. The summed E-state index contributed by atoms with van der Waals surface area (Å²) < 4.78 is 48.1. The second-order valence-electron chi connectivity index (χ2n) is 25.5. The molecule has 0 aromatic rings. The molecule has 1 aliphatic heterocycles. The lowest BCUT2D eigenvalue weighted by atomic mass is 9.99. The van der Waals surface area contributed by atoms with Crippen molar-refractivity contribution in [1.82, 2.24) is 5.32 Å². The van der Waals surface area contributed by atoms with Crippen LogP contribution in [0.2, 0.25) is 0 Å². The number of hydrogen-bond donors (Lipinski definition) is 6. The monoisotopic (exact) mass is 1190 g/mol. The zero-order valence-corrected chi connectivity index (χ0v) is 54.7. The highest BCUT2D eigenvalue weighted by Crippen LogP contribution is 2.27. The standard InChI is InChI=1S/C69H137NO11S/c1-3-5-7-9-11-13-15-17-19-21-23-25-27-29-30-31-32-33-34-35-37-39-41-43-45-47-49-51-53-55-57-59-65(73)70-62(61-79-69-67(75)68(81-82(76,77)78)66(74)64(60-71)80-69)63(72)58-56-54-52-50-48-46-44-42-40-38-36-28-26-24-22-20-18-16-14-12-10-8-6-4-2/h62-64,66-69,71-72,74-75H,3-61H2,1-2H3,(H,70,73)(H,76,77,78). The Kier molecular flexibility index (Phi) is 57.0. The topological polar surface area (TPSA) is 192 Å². The highest BCUT2D eigenvalue weighted by molar-refractivity contribution is 7.80. The van der Waals surface area contributed by atoms with Crippen molar-refractivity contribution in [2.24, 2.45) is 0 Å². The fourth-order valence-electron chi connectivity index (χ4n) is 12.2. The molecule has 1 amide bonds. The first-order chi connectivity index (χ1) is 40.0. The van der Waals surface area contributed by atoms with Crippen LogP contribution in [-0.2, 0) is 28.9 Å². The summed E-state index contributed by atoms with van der Waals surface area (Å²) >= 11 is 0. The summed E-state index contributed by atoms with van der Waals surface area (Å²) in [4.78, 5) is 13.2. The molecule has 1 heterocycles. The Bertz CT molecular complexity index is 1440. The number of aliphatic hydroxyl groups excluding tert-OH is 4. The van der Waals surface area contributed by atoms with Gasteiger partial charge in [0.2, 0.25) is 5.91 Å². The second-order valence-corrected chi connectivity index (χ2v) is 26.6. The van der Waals surface area contributed by atoms with Crippen LogP contribution >= 0.6 is 0 Å². The summed E-state index contributed by atoms with van der Waals surface area (Å²) in [5, 5.41) is 45.4. The van der Waals surface area contributed by atoms with Crippen LogP contribution in [-0.4, -0.2) is 95.4 Å². The smallest absolute Gasteiger partial charge is 0.394 e. The minimum Gasteiger partial charge on any atom is -0.394 e. The number of ether oxygens (including phenoxy) is 2. The van der Waals surface area contributed by atoms with Crippen molar-refractivity contribution in [2.75, 3.05) is 13.2 Å². The molecule has 6 N–H and O–H groups in total. The summed E-state index contributed by atoms with van der Waals surface area (Å²) in [5.41, 5.74) is 0. The van der Waals surface area contributed by atoms with E-state index >= 15 is 0 Å². The van der Waals surface area contributed by atoms with E-state index in [4.69, 9.17) is 9.47 Å². The van der Waals surface area contributed by atoms with Gasteiger partial charge in [-0.15, -0.1) is 0 Å². The summed E-state index contributed by atoms with van der Waals surface area (Å²) in [6, 6.07) is -0.855. The molecule has 0 aromatic carbocycles. The highest BCUT2D eigenvalue weighted by Gasteiger charge is 2.48. The molecule has 0 aliphatic carbocycles. The fraction of sp³-hybridized carbons (Fsp3) is 0.986. The lowest BCUT2D eigenvalue weighted by Crippen LogP contribution is -2.61. The predicted molar refractivity (Wildman–Crippen MR) is 343 cm³/mol. The Morgan fingerprint density at radius 2 is 0.707 bits per heavy atom. The molecular weight excluding hydrogens is 1050 g/mol. The van der Waals surface area contributed by atoms with Gasteiger partial charge < -0.3 is 35.2 Å². The van der Waals surface area contributed by atoms with Gasteiger partial charge in [0.25, 0.3) is 0 Å². The predicted octanol–water partition coefficient (Wildman–Crippen LogP) is 18.8. The van der Waals surface area contributed by atoms with Gasteiger partial charge in [-0.2, -0.15) is 8.42 Å². The Balaban J connectivity index is 2.21. The van der Waals surface area contributed by atoms with Crippen molar-refractivity contribution in [1.29, 1.82) is 0 Å². The van der Waals surface area contributed by atoms with Crippen molar-refractivity contribution in [3.05, 3.63) is 0 Å². The number of carbonyl (C=O) groups is 1. The van der Waals surface area contributed by atoms with E-state index in [1.54, 1.807) is 0 Å². The molecule has 0 spiro atoms. The Labute approximate surface area is 507 Å². The molecule has 490 valence electrons. The van der Waals surface area contributed by atoms with E-state index in [-0.39, 0.29) is 12.5 Å². The first-order valence-electron chi connectivity index (χ1n) is 35.9. The number of carbonyl (C=O) groups excluding carboxylic acids is 1. The zero-order valence-electron chi connectivity index (χ0n) is 53.9. The first kappa shape index (κ1) is 79.1. The summed E-state index contributed by atoms with van der Waals surface area (Å²) in [6.45, 7) is 3.54. The van der Waals surface area contributed by atoms with Crippen molar-refractivity contribution in [3.63, 3.8) is 0 Å². The van der Waals surface area contributed by atoms with E-state index in [0.29, 0.717) is 12.8 Å². The van der Waals surface area contributed by atoms with Crippen LogP contribution in [0.3, 0.4) is 0 Å². The molecule has 12 nitrogen and oxygen atoms in total. The third-order valence-corrected chi connectivity index (χ3v) is 18.1. The third-order valence-electron chi connectivity index (χ3n) is 17.7. The van der Waals surface area contributed by atoms with Gasteiger partial charge in [-0.3, -0.25) is 9.35 Å². The van der Waals surface area contributed by atoms with Crippen LogP contribution in [0.15, 0.2) is 0 Å². The van der Waals surface area contributed by atoms with Gasteiger partial charge in [0.1, 0.15) is 24.4 Å². The van der Waals surface area contributed by atoms with E-state index in [1.165, 1.54) is 302 Å². The van der Waals surface area contributed by atoms with Gasteiger partial charge in [0.15, 0.2) is 6.29 Å². The SMILES string of the molecule is CCCCCCCCCCCCCCCCCCCCCCCCCCCCCCCCCC(=O)NC(COC1OC(CO)C(O)C(OS(=O)(=O)O)C1O)C(O)CCCCCCCCCCCCCCCCCCCCCCCCCC. The lowest BCUT2D eigenvalue weighted by Gasteiger charge is -2.41. The normalized spacial score (nSPS) is 18.4. The Hall–Kier alpha value is -0.900. The molecule has 13 heteroatoms. The van der Waals surface area contributed by atoms with Crippen molar-refractivity contribution < 1.29 is 51.8 Å². The van der Waals surface area contributed by atoms with E-state index in [2.05, 4.69) is 23.3 Å². The number of amides is 1. The second kappa shape index (κ2) is 59.1. The van der Waals surface area contributed by atoms with Gasteiger partial charge in [-0.05, 0) is 12.8 Å². The minimum atomic E-state index is -5.08. The maximum Gasteiger partial charge on any atom is 0.397 e. The molecular formula is C69H137NO11S. The van der Waals surface area contributed by atoms with E-state index in [0.717, 1.165) is 51.4 Å². The number of rotatable bonds is 65. The van der Waals surface area contributed by atoms with Crippen LogP contribution in [0, 0.1) is 0 Å². The largest absolute Gasteiger partial charge is 0.397 e. The molecule has 1 rings (SSSR count). The summed E-state index contributed by atoms with van der Waals surface area (Å²) in [5.74, 6) is -0.219. The molecule has 7 unspecified atom stereocenters. The molecule has 0 aromatic heterocycles. The molecule has 1 fully saturated rings. The molecule has 0 radical (unpaired) electrons. The van der Waals surface area contributed by atoms with Crippen LogP contribution in [0.1, 0.15) is 380 Å². The minimum absolute atomic E-state index is 0.219. The first-order valence-corrected chi connectivity index (χ1v) is 37.3. The number of aliphatic hydroxyl groups is 4. The van der Waals surface area contributed by atoms with Gasteiger partial charge >= 0.3 is 10.4 Å². The average molecular weight is 1190 g/mol. The van der Waals surface area contributed by atoms with Crippen molar-refractivity contribution >= 4 is 16.3 Å². The van der Waals surface area contributed by atoms with Gasteiger partial charge in [0.05, 0.1) is 25.4 Å². The molecule has 1 saturated heterocycles. The van der Waals surface area contributed by atoms with Crippen molar-refractivity contribution in [2.45, 2.75) is 423 Å². The highest BCUT2D eigenvalue weighted by atomic mass is 32.3. The number of hydrogen-bond acceptors (Lipinski definition) is 10. The summed E-state index contributed by atoms with van der Waals surface area (Å²) in [6.07, 6.45) is 64.3. The molecule has 0 bridgehead atoms. The van der Waals surface area contributed by atoms with Crippen molar-refractivity contribution in [3.8, 4) is 0 Å².